The van der Waals surface area contributed by atoms with Crippen molar-refractivity contribution in [2.45, 2.75) is 39.5 Å². The van der Waals surface area contributed by atoms with Crippen LogP contribution in [0.4, 0.5) is 0 Å². The maximum Gasteiger partial charge on any atom is 0.144 e. The van der Waals surface area contributed by atoms with Crippen LogP contribution < -0.4 is 0 Å². The smallest absolute Gasteiger partial charge is 0.144 e. The van der Waals surface area contributed by atoms with Crippen molar-refractivity contribution >= 4 is 9.84 Å². The van der Waals surface area contributed by atoms with E-state index in [0.717, 1.165) is 12.5 Å². The molecule has 0 fully saturated rings. The molecule has 0 aliphatic carbocycles. The van der Waals surface area contributed by atoms with Gasteiger partial charge in [0.05, 0.1) is 0 Å². The molecule has 2 aromatic carbocycles. The molecular formula is C20H30O2S. The van der Waals surface area contributed by atoms with Crippen molar-refractivity contribution in [1.29, 1.82) is 0 Å². The summed E-state index contributed by atoms with van der Waals surface area (Å²) in [5, 5.41) is 0. The largest absolute Gasteiger partial charge is 0.229 e. The van der Waals surface area contributed by atoms with Crippen LogP contribution in [0.3, 0.4) is 0 Å². The summed E-state index contributed by atoms with van der Waals surface area (Å²) >= 11 is 0. The van der Waals surface area contributed by atoms with Gasteiger partial charge < -0.3 is 0 Å². The highest BCUT2D eigenvalue weighted by Crippen LogP contribution is 2.12. The molecule has 0 unspecified atom stereocenters. The lowest BCUT2D eigenvalue weighted by atomic mass is 10.0. The van der Waals surface area contributed by atoms with Crippen molar-refractivity contribution in [2.75, 3.05) is 12.5 Å². The third kappa shape index (κ3) is 13.8. The van der Waals surface area contributed by atoms with Crippen molar-refractivity contribution in [1.82, 2.24) is 0 Å². The Morgan fingerprint density at radius 1 is 0.609 bits per heavy atom. The van der Waals surface area contributed by atoms with Gasteiger partial charge in [0, 0.05) is 12.5 Å². The standard InChI is InChI=1S/2C9H12.C2H6O2S/c2*1-8(2)9-6-4-3-5-7-9;1-5(2,3)4/h2*3-8H,1-2H3;1-2H3. The lowest BCUT2D eigenvalue weighted by Gasteiger charge is -2.01. The highest BCUT2D eigenvalue weighted by atomic mass is 32.2. The first-order chi connectivity index (χ1) is 10.6. The van der Waals surface area contributed by atoms with Gasteiger partial charge in [0.15, 0.2) is 0 Å². The van der Waals surface area contributed by atoms with Gasteiger partial charge in [0.2, 0.25) is 0 Å². The number of rotatable bonds is 2. The third-order valence-corrected chi connectivity index (χ3v) is 2.93. The number of sulfone groups is 1. The van der Waals surface area contributed by atoms with Crippen molar-refractivity contribution in [3.05, 3.63) is 71.8 Å². The molecule has 0 aliphatic rings. The lowest BCUT2D eigenvalue weighted by molar-refractivity contribution is 0.607. The van der Waals surface area contributed by atoms with Gasteiger partial charge in [-0.25, -0.2) is 8.42 Å². The molecule has 0 amide bonds. The zero-order chi connectivity index (χ0) is 17.9. The first-order valence-corrected chi connectivity index (χ1v) is 10.2. The highest BCUT2D eigenvalue weighted by Gasteiger charge is 1.94. The SMILES string of the molecule is CC(C)c1ccccc1.CC(C)c1ccccc1.CS(C)(=O)=O. The van der Waals surface area contributed by atoms with E-state index in [-0.39, 0.29) is 0 Å². The van der Waals surface area contributed by atoms with E-state index in [1.165, 1.54) is 11.1 Å². The molecule has 0 atom stereocenters. The van der Waals surface area contributed by atoms with Crippen LogP contribution in [0.25, 0.3) is 0 Å². The summed E-state index contributed by atoms with van der Waals surface area (Å²) < 4.78 is 19.3. The molecule has 0 heterocycles. The maximum atomic E-state index is 9.63. The molecule has 2 aromatic rings. The summed E-state index contributed by atoms with van der Waals surface area (Å²) in [5.74, 6) is 1.32. The minimum atomic E-state index is -2.67. The molecule has 0 radical (unpaired) electrons. The van der Waals surface area contributed by atoms with Crippen LogP contribution in [0.5, 0.6) is 0 Å². The van der Waals surface area contributed by atoms with Crippen LogP contribution in [-0.4, -0.2) is 20.9 Å². The first-order valence-electron chi connectivity index (χ1n) is 7.86. The molecule has 0 aromatic heterocycles. The molecule has 128 valence electrons. The van der Waals surface area contributed by atoms with Crippen molar-refractivity contribution in [3.63, 3.8) is 0 Å². The molecule has 2 rings (SSSR count). The second kappa shape index (κ2) is 11.0. The average Bonchev–Trinajstić information content (AvgIpc) is 2.48. The molecule has 0 saturated heterocycles. The van der Waals surface area contributed by atoms with Gasteiger partial charge in [0.25, 0.3) is 0 Å². The van der Waals surface area contributed by atoms with Gasteiger partial charge in [-0.05, 0) is 23.0 Å². The van der Waals surface area contributed by atoms with Crippen LogP contribution in [0.2, 0.25) is 0 Å². The van der Waals surface area contributed by atoms with E-state index < -0.39 is 9.84 Å². The second-order valence-corrected chi connectivity index (χ2v) is 8.56. The Morgan fingerprint density at radius 3 is 0.957 bits per heavy atom. The first kappa shape index (κ1) is 21.4. The van der Waals surface area contributed by atoms with Gasteiger partial charge in [0.1, 0.15) is 9.84 Å². The van der Waals surface area contributed by atoms with Crippen LogP contribution in [-0.2, 0) is 9.84 Å². The summed E-state index contributed by atoms with van der Waals surface area (Å²) in [7, 11) is -2.67. The van der Waals surface area contributed by atoms with Gasteiger partial charge in [-0.15, -0.1) is 0 Å². The normalized spacial score (nSPS) is 10.4. The van der Waals surface area contributed by atoms with E-state index >= 15 is 0 Å². The Hall–Kier alpha value is -1.61. The molecule has 2 nitrogen and oxygen atoms in total. The third-order valence-electron chi connectivity index (χ3n) is 2.93. The van der Waals surface area contributed by atoms with Crippen molar-refractivity contribution < 1.29 is 8.42 Å². The monoisotopic (exact) mass is 334 g/mol. The highest BCUT2D eigenvalue weighted by molar-refractivity contribution is 7.89. The predicted octanol–water partition coefficient (Wildman–Crippen LogP) is 5.28. The summed E-state index contributed by atoms with van der Waals surface area (Å²) in [6.07, 6.45) is 2.32. The quantitative estimate of drug-likeness (QED) is 0.748. The number of hydrogen-bond donors (Lipinski definition) is 0. The van der Waals surface area contributed by atoms with Crippen LogP contribution in [0, 0.1) is 0 Å². The fourth-order valence-electron chi connectivity index (χ4n) is 1.68. The lowest BCUT2D eigenvalue weighted by Crippen LogP contribution is -1.86. The topological polar surface area (TPSA) is 34.1 Å². The van der Waals surface area contributed by atoms with E-state index in [1.807, 2.05) is 12.1 Å². The summed E-state index contributed by atoms with van der Waals surface area (Å²) in [4.78, 5) is 0. The van der Waals surface area contributed by atoms with Crippen molar-refractivity contribution in [3.8, 4) is 0 Å². The fourth-order valence-corrected chi connectivity index (χ4v) is 1.68. The Morgan fingerprint density at radius 2 is 0.826 bits per heavy atom. The minimum Gasteiger partial charge on any atom is -0.229 e. The molecule has 23 heavy (non-hydrogen) atoms. The Kier molecular flexibility index (Phi) is 10.2. The molecule has 0 N–H and O–H groups in total. The summed E-state index contributed by atoms with van der Waals surface area (Å²) in [5.41, 5.74) is 2.83. The van der Waals surface area contributed by atoms with E-state index in [1.54, 1.807) is 0 Å². The number of hydrogen-bond acceptors (Lipinski definition) is 2. The molecule has 3 heteroatoms. The van der Waals surface area contributed by atoms with Gasteiger partial charge >= 0.3 is 0 Å². The average molecular weight is 335 g/mol. The molecule has 0 saturated carbocycles. The van der Waals surface area contributed by atoms with Crippen molar-refractivity contribution in [2.24, 2.45) is 0 Å². The zero-order valence-electron chi connectivity index (χ0n) is 15.2. The van der Waals surface area contributed by atoms with E-state index in [4.69, 9.17) is 0 Å². The van der Waals surface area contributed by atoms with Gasteiger partial charge in [-0.3, -0.25) is 0 Å². The van der Waals surface area contributed by atoms with Gasteiger partial charge in [-0.1, -0.05) is 88.4 Å². The molecular weight excluding hydrogens is 304 g/mol. The molecule has 0 spiro atoms. The van der Waals surface area contributed by atoms with Crippen LogP contribution >= 0.6 is 0 Å². The van der Waals surface area contributed by atoms with E-state index in [9.17, 15) is 8.42 Å². The Labute approximate surface area is 142 Å². The summed E-state index contributed by atoms with van der Waals surface area (Å²) in [6.45, 7) is 8.81. The predicted molar refractivity (Wildman–Crippen MR) is 102 cm³/mol. The number of benzene rings is 2. The van der Waals surface area contributed by atoms with Crippen LogP contribution in [0.15, 0.2) is 60.7 Å². The zero-order valence-corrected chi connectivity index (χ0v) is 16.0. The van der Waals surface area contributed by atoms with Gasteiger partial charge in [-0.2, -0.15) is 0 Å². The van der Waals surface area contributed by atoms with Crippen LogP contribution in [0.1, 0.15) is 50.7 Å². The minimum absolute atomic E-state index is 0.659. The second-order valence-electron chi connectivity index (χ2n) is 6.27. The molecule has 0 bridgehead atoms. The Balaban J connectivity index is 0.000000332. The van der Waals surface area contributed by atoms with E-state index in [2.05, 4.69) is 76.2 Å². The van der Waals surface area contributed by atoms with E-state index in [0.29, 0.717) is 11.8 Å². The maximum absolute atomic E-state index is 9.63. The summed E-state index contributed by atoms with van der Waals surface area (Å²) in [6, 6.07) is 21.0. The molecule has 0 aliphatic heterocycles. The Bertz CT molecular complexity index is 564. The fraction of sp³-hybridized carbons (Fsp3) is 0.400.